The van der Waals surface area contributed by atoms with Gasteiger partial charge in [0, 0.05) is 29.8 Å². The maximum absolute atomic E-state index is 12.3. The molecule has 1 heterocycles. The van der Waals surface area contributed by atoms with Gasteiger partial charge in [0.15, 0.2) is 0 Å². The fourth-order valence-corrected chi connectivity index (χ4v) is 2.66. The first-order chi connectivity index (χ1) is 13.1. The van der Waals surface area contributed by atoms with E-state index in [1.807, 2.05) is 56.3 Å². The van der Waals surface area contributed by atoms with Crippen LogP contribution in [0.3, 0.4) is 0 Å². The van der Waals surface area contributed by atoms with Crippen molar-refractivity contribution in [3.05, 3.63) is 59.5 Å². The molecular formula is C20H20N4O3. The predicted octanol–water partition coefficient (Wildman–Crippen LogP) is 3.49. The molecule has 0 aliphatic heterocycles. The number of carbonyl (C=O) groups is 2. The van der Waals surface area contributed by atoms with Gasteiger partial charge in [-0.15, -0.1) is 10.2 Å². The van der Waals surface area contributed by atoms with Crippen LogP contribution >= 0.6 is 0 Å². The summed E-state index contributed by atoms with van der Waals surface area (Å²) in [5.41, 5.74) is 4.01. The topological polar surface area (TPSA) is 97.1 Å². The van der Waals surface area contributed by atoms with Gasteiger partial charge in [-0.2, -0.15) is 0 Å². The van der Waals surface area contributed by atoms with Crippen LogP contribution in [0.2, 0.25) is 0 Å². The molecule has 0 fully saturated rings. The van der Waals surface area contributed by atoms with Gasteiger partial charge in [0.25, 0.3) is 0 Å². The van der Waals surface area contributed by atoms with Crippen LogP contribution in [0.15, 0.2) is 46.9 Å². The lowest BCUT2D eigenvalue weighted by atomic mass is 10.1. The second-order valence-corrected chi connectivity index (χ2v) is 6.16. The summed E-state index contributed by atoms with van der Waals surface area (Å²) >= 11 is 0. The highest BCUT2D eigenvalue weighted by atomic mass is 16.4. The SMILES string of the molecule is Cc1cc(NC(=O)CCc2nnc(-c3ccccc3)o2)c(C)cc1NC=O. The van der Waals surface area contributed by atoms with Gasteiger partial charge in [-0.05, 0) is 49.2 Å². The molecule has 3 aromatic rings. The maximum atomic E-state index is 12.3. The number of nitrogens with zero attached hydrogens (tertiary/aromatic N) is 2. The van der Waals surface area contributed by atoms with E-state index in [1.165, 1.54) is 0 Å². The van der Waals surface area contributed by atoms with Crippen LogP contribution in [-0.2, 0) is 16.0 Å². The van der Waals surface area contributed by atoms with Gasteiger partial charge in [-0.1, -0.05) is 18.2 Å². The molecule has 27 heavy (non-hydrogen) atoms. The molecule has 3 rings (SSSR count). The Kier molecular flexibility index (Phi) is 5.61. The molecule has 0 aliphatic rings. The molecule has 0 atom stereocenters. The van der Waals surface area contributed by atoms with Crippen LogP contribution in [0.4, 0.5) is 11.4 Å². The molecule has 0 unspecified atom stereocenters. The fourth-order valence-electron chi connectivity index (χ4n) is 2.66. The molecule has 0 aliphatic carbocycles. The van der Waals surface area contributed by atoms with Gasteiger partial charge in [0.05, 0.1) is 0 Å². The van der Waals surface area contributed by atoms with E-state index in [0.29, 0.717) is 30.3 Å². The molecule has 2 amide bonds. The number of nitrogens with one attached hydrogen (secondary N) is 2. The summed E-state index contributed by atoms with van der Waals surface area (Å²) in [6, 6.07) is 13.1. The summed E-state index contributed by atoms with van der Waals surface area (Å²) in [5, 5.41) is 13.5. The minimum atomic E-state index is -0.145. The van der Waals surface area contributed by atoms with Gasteiger partial charge in [-0.3, -0.25) is 9.59 Å². The van der Waals surface area contributed by atoms with Crippen LogP contribution in [-0.4, -0.2) is 22.5 Å². The van der Waals surface area contributed by atoms with Crippen molar-refractivity contribution in [3.8, 4) is 11.5 Å². The molecule has 1 aromatic heterocycles. The summed E-state index contributed by atoms with van der Waals surface area (Å²) in [5.74, 6) is 0.714. The van der Waals surface area contributed by atoms with E-state index in [1.54, 1.807) is 0 Å². The average molecular weight is 364 g/mol. The Bertz CT molecular complexity index is 951. The molecule has 2 N–H and O–H groups in total. The number of rotatable bonds is 7. The monoisotopic (exact) mass is 364 g/mol. The van der Waals surface area contributed by atoms with Crippen LogP contribution in [0, 0.1) is 13.8 Å². The Balaban J connectivity index is 1.60. The molecule has 7 nitrogen and oxygen atoms in total. The lowest BCUT2D eigenvalue weighted by molar-refractivity contribution is -0.116. The summed E-state index contributed by atoms with van der Waals surface area (Å²) in [4.78, 5) is 22.9. The van der Waals surface area contributed by atoms with E-state index in [2.05, 4.69) is 20.8 Å². The minimum Gasteiger partial charge on any atom is -0.421 e. The summed E-state index contributed by atoms with van der Waals surface area (Å²) in [6.45, 7) is 3.74. The standard InChI is InChI=1S/C20H20N4O3/c1-13-11-17(14(2)10-16(13)21-12-25)22-18(26)8-9-19-23-24-20(27-19)15-6-4-3-5-7-15/h3-7,10-12H,8-9H2,1-2H3,(H,21,25)(H,22,26). The van der Waals surface area contributed by atoms with E-state index in [9.17, 15) is 9.59 Å². The molecule has 0 spiro atoms. The van der Waals surface area contributed by atoms with Crippen LogP contribution in [0.5, 0.6) is 0 Å². The minimum absolute atomic E-state index is 0.145. The number of anilines is 2. The largest absolute Gasteiger partial charge is 0.421 e. The molecule has 138 valence electrons. The first-order valence-electron chi connectivity index (χ1n) is 8.56. The molecule has 0 saturated heterocycles. The Labute approximate surface area is 156 Å². The van der Waals surface area contributed by atoms with E-state index in [4.69, 9.17) is 4.42 Å². The van der Waals surface area contributed by atoms with Crippen molar-refractivity contribution in [1.29, 1.82) is 0 Å². The van der Waals surface area contributed by atoms with Crippen molar-refractivity contribution < 1.29 is 14.0 Å². The number of aryl methyl sites for hydroxylation is 3. The smallest absolute Gasteiger partial charge is 0.247 e. The number of benzene rings is 2. The second kappa shape index (κ2) is 8.27. The zero-order valence-corrected chi connectivity index (χ0v) is 15.2. The molecular weight excluding hydrogens is 344 g/mol. The lowest BCUT2D eigenvalue weighted by Crippen LogP contribution is -2.14. The first kappa shape index (κ1) is 18.3. The Morgan fingerprint density at radius 1 is 1.07 bits per heavy atom. The van der Waals surface area contributed by atoms with Crippen molar-refractivity contribution in [2.24, 2.45) is 0 Å². The third-order valence-corrected chi connectivity index (χ3v) is 4.11. The molecule has 0 saturated carbocycles. The zero-order valence-electron chi connectivity index (χ0n) is 15.2. The molecule has 0 bridgehead atoms. The van der Waals surface area contributed by atoms with Crippen LogP contribution in [0.1, 0.15) is 23.4 Å². The Hall–Kier alpha value is -3.48. The summed E-state index contributed by atoms with van der Waals surface area (Å²) < 4.78 is 5.61. The number of hydrogen-bond donors (Lipinski definition) is 2. The van der Waals surface area contributed by atoms with E-state index >= 15 is 0 Å². The van der Waals surface area contributed by atoms with Gasteiger partial charge in [0.1, 0.15) is 0 Å². The molecule has 2 aromatic carbocycles. The quantitative estimate of drug-likeness (QED) is 0.626. The predicted molar refractivity (Wildman–Crippen MR) is 102 cm³/mol. The number of aromatic nitrogens is 2. The molecule has 7 heteroatoms. The van der Waals surface area contributed by atoms with Gasteiger partial charge in [0.2, 0.25) is 24.1 Å². The normalized spacial score (nSPS) is 10.4. The summed E-state index contributed by atoms with van der Waals surface area (Å²) in [7, 11) is 0. The number of amides is 2. The third-order valence-electron chi connectivity index (χ3n) is 4.11. The fraction of sp³-hybridized carbons (Fsp3) is 0.200. The third kappa shape index (κ3) is 4.58. The van der Waals surface area contributed by atoms with Gasteiger partial charge in [-0.25, -0.2) is 0 Å². The van der Waals surface area contributed by atoms with Gasteiger partial charge < -0.3 is 15.1 Å². The second-order valence-electron chi connectivity index (χ2n) is 6.16. The highest BCUT2D eigenvalue weighted by Gasteiger charge is 2.12. The highest BCUT2D eigenvalue weighted by Crippen LogP contribution is 2.24. The highest BCUT2D eigenvalue weighted by molar-refractivity contribution is 5.92. The van der Waals surface area contributed by atoms with Crippen LogP contribution in [0.25, 0.3) is 11.5 Å². The molecule has 0 radical (unpaired) electrons. The van der Waals surface area contributed by atoms with E-state index in [-0.39, 0.29) is 12.3 Å². The summed E-state index contributed by atoms with van der Waals surface area (Å²) in [6.07, 6.45) is 1.21. The zero-order chi connectivity index (χ0) is 19.2. The Morgan fingerprint density at radius 2 is 1.78 bits per heavy atom. The van der Waals surface area contributed by atoms with Crippen molar-refractivity contribution in [3.63, 3.8) is 0 Å². The van der Waals surface area contributed by atoms with Crippen molar-refractivity contribution in [1.82, 2.24) is 10.2 Å². The van der Waals surface area contributed by atoms with Gasteiger partial charge >= 0.3 is 0 Å². The van der Waals surface area contributed by atoms with Crippen molar-refractivity contribution in [2.75, 3.05) is 10.6 Å². The lowest BCUT2D eigenvalue weighted by Gasteiger charge is -2.12. The van der Waals surface area contributed by atoms with E-state index < -0.39 is 0 Å². The maximum Gasteiger partial charge on any atom is 0.247 e. The van der Waals surface area contributed by atoms with Crippen LogP contribution < -0.4 is 10.6 Å². The average Bonchev–Trinajstić information content (AvgIpc) is 3.14. The number of hydrogen-bond acceptors (Lipinski definition) is 5. The Morgan fingerprint density at radius 3 is 2.52 bits per heavy atom. The van der Waals surface area contributed by atoms with Crippen molar-refractivity contribution in [2.45, 2.75) is 26.7 Å². The number of carbonyl (C=O) groups excluding carboxylic acids is 2. The van der Waals surface area contributed by atoms with Crippen molar-refractivity contribution >= 4 is 23.7 Å². The first-order valence-corrected chi connectivity index (χ1v) is 8.56. The van der Waals surface area contributed by atoms with E-state index in [0.717, 1.165) is 22.4 Å².